The minimum absolute atomic E-state index is 0.238. The van der Waals surface area contributed by atoms with Crippen molar-refractivity contribution < 1.29 is 18.8 Å². The van der Waals surface area contributed by atoms with Crippen LogP contribution in [0.5, 0.6) is 0 Å². The van der Waals surface area contributed by atoms with Gasteiger partial charge >= 0.3 is 6.03 Å². The molecule has 0 radical (unpaired) electrons. The van der Waals surface area contributed by atoms with E-state index >= 15 is 0 Å². The monoisotopic (exact) mass is 355 g/mol. The van der Waals surface area contributed by atoms with E-state index in [0.717, 1.165) is 18.9 Å². The number of carbonyl (C=O) groups is 3. The van der Waals surface area contributed by atoms with Crippen LogP contribution < -0.4 is 16.0 Å². The van der Waals surface area contributed by atoms with Crippen molar-refractivity contribution in [2.24, 2.45) is 5.92 Å². The second-order valence-corrected chi connectivity index (χ2v) is 6.09. The Kier molecular flexibility index (Phi) is 5.26. The van der Waals surface area contributed by atoms with Crippen molar-refractivity contribution in [1.82, 2.24) is 10.6 Å². The van der Waals surface area contributed by atoms with Gasteiger partial charge in [-0.25, -0.2) is 9.18 Å². The molecule has 7 heteroatoms. The van der Waals surface area contributed by atoms with Crippen molar-refractivity contribution in [3.8, 4) is 0 Å². The SMILES string of the molecule is O=C(NC(=O)c1ccccc1F)Nc1ccccc1C(=O)NCC1CC1. The van der Waals surface area contributed by atoms with Gasteiger partial charge in [-0.3, -0.25) is 14.9 Å². The highest BCUT2D eigenvalue weighted by molar-refractivity contribution is 6.10. The van der Waals surface area contributed by atoms with Crippen molar-refractivity contribution >= 4 is 23.5 Å². The van der Waals surface area contributed by atoms with E-state index in [1.807, 2.05) is 0 Å². The van der Waals surface area contributed by atoms with E-state index in [4.69, 9.17) is 0 Å². The molecule has 2 aromatic rings. The average molecular weight is 355 g/mol. The first-order valence-electron chi connectivity index (χ1n) is 8.28. The van der Waals surface area contributed by atoms with E-state index in [2.05, 4.69) is 16.0 Å². The van der Waals surface area contributed by atoms with Crippen molar-refractivity contribution in [3.63, 3.8) is 0 Å². The lowest BCUT2D eigenvalue weighted by Gasteiger charge is -2.12. The molecule has 1 fully saturated rings. The summed E-state index contributed by atoms with van der Waals surface area (Å²) in [4.78, 5) is 36.3. The molecule has 6 nitrogen and oxygen atoms in total. The molecule has 0 aliphatic heterocycles. The molecule has 0 spiro atoms. The van der Waals surface area contributed by atoms with Crippen molar-refractivity contribution in [2.45, 2.75) is 12.8 Å². The predicted molar refractivity (Wildman–Crippen MR) is 94.4 cm³/mol. The number of urea groups is 1. The van der Waals surface area contributed by atoms with Crippen molar-refractivity contribution in [2.75, 3.05) is 11.9 Å². The zero-order valence-electron chi connectivity index (χ0n) is 13.9. The first-order valence-corrected chi connectivity index (χ1v) is 8.28. The molecule has 1 aliphatic rings. The van der Waals surface area contributed by atoms with Crippen LogP contribution in [0, 0.1) is 11.7 Å². The molecule has 4 amide bonds. The van der Waals surface area contributed by atoms with Crippen LogP contribution in [0.3, 0.4) is 0 Å². The fourth-order valence-corrected chi connectivity index (χ4v) is 2.41. The summed E-state index contributed by atoms with van der Waals surface area (Å²) in [5.41, 5.74) is 0.319. The summed E-state index contributed by atoms with van der Waals surface area (Å²) < 4.78 is 13.6. The maximum atomic E-state index is 13.6. The van der Waals surface area contributed by atoms with Gasteiger partial charge in [0.05, 0.1) is 16.8 Å². The third-order valence-corrected chi connectivity index (χ3v) is 4.01. The third kappa shape index (κ3) is 4.44. The number of amides is 4. The van der Waals surface area contributed by atoms with Gasteiger partial charge in [0, 0.05) is 6.54 Å². The van der Waals surface area contributed by atoms with Gasteiger partial charge in [0.25, 0.3) is 11.8 Å². The number of nitrogens with one attached hydrogen (secondary N) is 3. The Hall–Kier alpha value is -3.22. The second-order valence-electron chi connectivity index (χ2n) is 6.09. The molecule has 26 heavy (non-hydrogen) atoms. The normalized spacial score (nSPS) is 13.0. The highest BCUT2D eigenvalue weighted by Gasteiger charge is 2.23. The molecule has 1 saturated carbocycles. The smallest absolute Gasteiger partial charge is 0.326 e. The third-order valence-electron chi connectivity index (χ3n) is 4.01. The topological polar surface area (TPSA) is 87.3 Å². The Morgan fingerprint density at radius 1 is 0.923 bits per heavy atom. The number of imide groups is 1. The zero-order valence-corrected chi connectivity index (χ0v) is 13.9. The largest absolute Gasteiger partial charge is 0.352 e. The first-order chi connectivity index (χ1) is 12.5. The van der Waals surface area contributed by atoms with Crippen LogP contribution in [-0.2, 0) is 0 Å². The standard InChI is InChI=1S/C19H18FN3O3/c20-15-7-3-1-5-13(15)18(25)23-19(26)22-16-8-4-2-6-14(16)17(24)21-11-12-9-10-12/h1-8,12H,9-11H2,(H,21,24)(H2,22,23,25,26). The Morgan fingerprint density at radius 3 is 2.27 bits per heavy atom. The molecule has 0 aromatic heterocycles. The van der Waals surface area contributed by atoms with Gasteiger partial charge in [-0.15, -0.1) is 0 Å². The molecule has 0 atom stereocenters. The summed E-state index contributed by atoms with van der Waals surface area (Å²) in [5.74, 6) is -1.36. The van der Waals surface area contributed by atoms with E-state index < -0.39 is 17.8 Å². The molecule has 1 aliphatic carbocycles. The van der Waals surface area contributed by atoms with Crippen LogP contribution in [0.15, 0.2) is 48.5 Å². The maximum Gasteiger partial charge on any atom is 0.326 e. The summed E-state index contributed by atoms with van der Waals surface area (Å²) in [7, 11) is 0. The Morgan fingerprint density at radius 2 is 1.58 bits per heavy atom. The number of para-hydroxylation sites is 1. The minimum Gasteiger partial charge on any atom is -0.352 e. The summed E-state index contributed by atoms with van der Waals surface area (Å²) in [6.07, 6.45) is 2.22. The molecule has 3 rings (SSSR count). The fraction of sp³-hybridized carbons (Fsp3) is 0.211. The molecule has 3 N–H and O–H groups in total. The van der Waals surface area contributed by atoms with E-state index in [0.29, 0.717) is 18.0 Å². The summed E-state index contributed by atoms with van der Waals surface area (Å²) in [6.45, 7) is 0.602. The van der Waals surface area contributed by atoms with Crippen LogP contribution in [-0.4, -0.2) is 24.4 Å². The van der Waals surface area contributed by atoms with Gasteiger partial charge in [-0.05, 0) is 43.0 Å². The summed E-state index contributed by atoms with van der Waals surface area (Å²) >= 11 is 0. The van der Waals surface area contributed by atoms with Crippen LogP contribution in [0.1, 0.15) is 33.6 Å². The average Bonchev–Trinajstić information content (AvgIpc) is 3.44. The quantitative estimate of drug-likeness (QED) is 0.771. The van der Waals surface area contributed by atoms with Gasteiger partial charge in [-0.1, -0.05) is 24.3 Å². The molecular formula is C19H18FN3O3. The number of hydrogen-bond acceptors (Lipinski definition) is 3. The van der Waals surface area contributed by atoms with Gasteiger partial charge < -0.3 is 10.6 Å². The summed E-state index contributed by atoms with van der Waals surface area (Å²) in [5, 5.41) is 7.33. The molecule has 0 bridgehead atoms. The van der Waals surface area contributed by atoms with Gasteiger partial charge in [0.1, 0.15) is 5.82 Å². The number of rotatable bonds is 5. The Labute approximate surface area is 149 Å². The Bertz CT molecular complexity index is 849. The van der Waals surface area contributed by atoms with Crippen molar-refractivity contribution in [3.05, 3.63) is 65.5 Å². The fourth-order valence-electron chi connectivity index (χ4n) is 2.41. The van der Waals surface area contributed by atoms with E-state index in [1.54, 1.807) is 24.3 Å². The lowest BCUT2D eigenvalue weighted by atomic mass is 10.1. The summed E-state index contributed by atoms with van der Waals surface area (Å²) in [6, 6.07) is 11.0. The molecule has 0 heterocycles. The van der Waals surface area contributed by atoms with Crippen LogP contribution in [0.25, 0.3) is 0 Å². The Balaban J connectivity index is 1.64. The maximum absolute atomic E-state index is 13.6. The molecule has 0 saturated heterocycles. The number of halogens is 1. The van der Waals surface area contributed by atoms with Crippen LogP contribution in [0.2, 0.25) is 0 Å². The second kappa shape index (κ2) is 7.77. The lowest BCUT2D eigenvalue weighted by molar-refractivity contribution is 0.0949. The number of carbonyl (C=O) groups excluding carboxylic acids is 3. The number of hydrogen-bond donors (Lipinski definition) is 3. The molecule has 2 aromatic carbocycles. The van der Waals surface area contributed by atoms with Gasteiger partial charge in [0.2, 0.25) is 0 Å². The van der Waals surface area contributed by atoms with Crippen molar-refractivity contribution in [1.29, 1.82) is 0 Å². The highest BCUT2D eigenvalue weighted by Crippen LogP contribution is 2.27. The van der Waals surface area contributed by atoms with Crippen LogP contribution in [0.4, 0.5) is 14.9 Å². The van der Waals surface area contributed by atoms with Gasteiger partial charge in [-0.2, -0.15) is 0 Å². The minimum atomic E-state index is -0.865. The van der Waals surface area contributed by atoms with E-state index in [1.165, 1.54) is 18.2 Å². The first kappa shape index (κ1) is 17.6. The molecular weight excluding hydrogens is 337 g/mol. The van der Waals surface area contributed by atoms with Gasteiger partial charge in [0.15, 0.2) is 0 Å². The van der Waals surface area contributed by atoms with E-state index in [-0.39, 0.29) is 17.2 Å². The number of anilines is 1. The highest BCUT2D eigenvalue weighted by atomic mass is 19.1. The van der Waals surface area contributed by atoms with Crippen LogP contribution >= 0.6 is 0 Å². The predicted octanol–water partition coefficient (Wildman–Crippen LogP) is 2.93. The lowest BCUT2D eigenvalue weighted by Crippen LogP contribution is -2.35. The van der Waals surface area contributed by atoms with E-state index in [9.17, 15) is 18.8 Å². The zero-order chi connectivity index (χ0) is 18.5. The molecule has 0 unspecified atom stereocenters. The number of benzene rings is 2. The molecule has 134 valence electrons.